The number of ether oxygens (including phenoxy) is 1. The zero-order valence-electron chi connectivity index (χ0n) is 20.2. The number of aryl methyl sites for hydroxylation is 1. The van der Waals surface area contributed by atoms with Gasteiger partial charge >= 0.3 is 32.8 Å². The molecule has 0 radical (unpaired) electrons. The van der Waals surface area contributed by atoms with E-state index in [0.717, 1.165) is 17.7 Å². The minimum absolute atomic E-state index is 0.00826. The molecule has 1 aliphatic carbocycles. The van der Waals surface area contributed by atoms with Crippen molar-refractivity contribution in [2.24, 2.45) is 0 Å². The van der Waals surface area contributed by atoms with Crippen molar-refractivity contribution < 1.29 is 52.5 Å². The molecule has 17 heteroatoms. The molecule has 1 saturated heterocycles. The van der Waals surface area contributed by atoms with E-state index in [4.69, 9.17) is 0 Å². The summed E-state index contributed by atoms with van der Waals surface area (Å²) in [7, 11) is -11.0. The molecule has 1 unspecified atom stereocenters. The number of aromatic carboxylic acids is 1. The predicted molar refractivity (Wildman–Crippen MR) is 131 cm³/mol. The minimum atomic E-state index is -5.50. The van der Waals surface area contributed by atoms with Crippen LogP contribution in [0, 0.1) is 12.7 Å². The van der Waals surface area contributed by atoms with Crippen LogP contribution >= 0.6 is 15.2 Å². The fourth-order valence-electron chi connectivity index (χ4n) is 4.63. The van der Waals surface area contributed by atoms with E-state index in [0.29, 0.717) is 5.52 Å². The molecule has 1 aliphatic heterocycles. The van der Waals surface area contributed by atoms with Gasteiger partial charge in [-0.2, -0.15) is 0 Å². The van der Waals surface area contributed by atoms with Gasteiger partial charge in [0.05, 0.1) is 16.6 Å². The predicted octanol–water partition coefficient (Wildman–Crippen LogP) is 1.77. The Balaban J connectivity index is 1.65. The zero-order valence-corrected chi connectivity index (χ0v) is 22.0. The second-order valence-corrected chi connectivity index (χ2v) is 13.1. The van der Waals surface area contributed by atoms with Crippen LogP contribution < -0.4 is 10.3 Å². The van der Waals surface area contributed by atoms with E-state index < -0.39 is 55.7 Å². The number of amides is 1. The number of piperazine rings is 1. The first-order chi connectivity index (χ1) is 17.5. The standard InChI is InChI=1S/C21H26FN3O11P2/c1-10-8-23(5-6-24(10)20(29)36-21(37(30,31)32)38(33,34)35)15-7-14-16(11(2)17(15)22)18(26)13(19(27)28)9-25(14)12-3-4-12/h7,9-10,12,21H,3-6,8H2,1-2H3,(H,27,28)(H2,30,31,32)(H2,33,34,35). The van der Waals surface area contributed by atoms with Crippen LogP contribution in [0.5, 0.6) is 0 Å². The first-order valence-electron chi connectivity index (χ1n) is 11.5. The van der Waals surface area contributed by atoms with Crippen LogP contribution in [0.1, 0.15) is 41.7 Å². The number of fused-ring (bicyclic) bond motifs is 1. The van der Waals surface area contributed by atoms with E-state index in [2.05, 4.69) is 4.74 Å². The third kappa shape index (κ3) is 5.22. The number of nitrogens with zero attached hydrogens (tertiary/aromatic N) is 3. The Morgan fingerprint density at radius 2 is 1.74 bits per heavy atom. The van der Waals surface area contributed by atoms with E-state index >= 15 is 4.39 Å². The summed E-state index contributed by atoms with van der Waals surface area (Å²) in [6, 6.07) is 0.692. The highest BCUT2D eigenvalue weighted by molar-refractivity contribution is 7.70. The number of carboxylic acids is 1. The molecule has 2 heterocycles. The second kappa shape index (κ2) is 9.74. The van der Waals surface area contributed by atoms with Crippen LogP contribution in [0.2, 0.25) is 0 Å². The van der Waals surface area contributed by atoms with Crippen molar-refractivity contribution in [3.63, 3.8) is 0 Å². The Morgan fingerprint density at radius 3 is 2.24 bits per heavy atom. The van der Waals surface area contributed by atoms with Gasteiger partial charge in [-0.15, -0.1) is 0 Å². The lowest BCUT2D eigenvalue weighted by atomic mass is 10.0. The first kappa shape index (κ1) is 28.2. The molecular formula is C21H26FN3O11P2. The molecular weight excluding hydrogens is 551 g/mol. The SMILES string of the molecule is Cc1c(F)c(N2CCN(C(=O)OC(P(=O)(O)O)P(=O)(O)O)C(C)C2)cc2c1c(=O)c(C(=O)O)cn2C1CC1. The van der Waals surface area contributed by atoms with E-state index in [1.807, 2.05) is 0 Å². The number of rotatable bonds is 6. The molecule has 208 valence electrons. The molecule has 1 amide bonds. The maximum Gasteiger partial charge on any atom is 0.411 e. The Labute approximate surface area is 214 Å². The lowest BCUT2D eigenvalue weighted by molar-refractivity contribution is 0.0694. The van der Waals surface area contributed by atoms with Gasteiger partial charge in [0.2, 0.25) is 5.43 Å². The number of benzene rings is 1. The molecule has 2 fully saturated rings. The summed E-state index contributed by atoms with van der Waals surface area (Å²) in [6.07, 6.45) is 1.45. The van der Waals surface area contributed by atoms with Crippen LogP contribution in [0.3, 0.4) is 0 Å². The van der Waals surface area contributed by atoms with Crippen molar-refractivity contribution >= 4 is 43.8 Å². The highest BCUT2D eigenvalue weighted by atomic mass is 31.2. The number of hydrogen-bond acceptors (Lipinski definition) is 7. The summed E-state index contributed by atoms with van der Waals surface area (Å²) < 4.78 is 44.7. The summed E-state index contributed by atoms with van der Waals surface area (Å²) >= 11 is 0. The van der Waals surface area contributed by atoms with Gasteiger partial charge < -0.3 is 43.8 Å². The minimum Gasteiger partial charge on any atom is -0.477 e. The average molecular weight is 577 g/mol. The number of carbonyl (C=O) groups is 2. The third-order valence-electron chi connectivity index (χ3n) is 6.63. The van der Waals surface area contributed by atoms with Crippen LogP contribution in [0.15, 0.2) is 17.1 Å². The molecule has 1 aromatic carbocycles. The van der Waals surface area contributed by atoms with Gasteiger partial charge in [0.15, 0.2) is 0 Å². The van der Waals surface area contributed by atoms with Crippen molar-refractivity contribution in [3.8, 4) is 0 Å². The summed E-state index contributed by atoms with van der Waals surface area (Å²) in [5, 5.41) is 9.44. The van der Waals surface area contributed by atoms with Gasteiger partial charge in [0.25, 0.3) is 0 Å². The van der Waals surface area contributed by atoms with Crippen molar-refractivity contribution in [1.82, 2.24) is 9.47 Å². The molecule has 1 saturated carbocycles. The Morgan fingerprint density at radius 1 is 1.13 bits per heavy atom. The topological polar surface area (TPSA) is 207 Å². The quantitative estimate of drug-likeness (QED) is 0.311. The van der Waals surface area contributed by atoms with Gasteiger partial charge in [0.1, 0.15) is 11.4 Å². The Bertz CT molecular complexity index is 1460. The van der Waals surface area contributed by atoms with Gasteiger partial charge in [-0.25, -0.2) is 14.0 Å². The van der Waals surface area contributed by atoms with Crippen molar-refractivity contribution in [1.29, 1.82) is 0 Å². The van der Waals surface area contributed by atoms with Crippen molar-refractivity contribution in [2.75, 3.05) is 24.5 Å². The Kier molecular flexibility index (Phi) is 7.23. The molecule has 2 aliphatic rings. The van der Waals surface area contributed by atoms with Crippen LogP contribution in [0.4, 0.5) is 14.9 Å². The second-order valence-electron chi connectivity index (χ2n) is 9.42. The Hall–Kier alpha value is -2.80. The molecule has 14 nitrogen and oxygen atoms in total. The summed E-state index contributed by atoms with van der Waals surface area (Å²) in [6.45, 7) is 2.79. The maximum absolute atomic E-state index is 15.6. The highest BCUT2D eigenvalue weighted by Gasteiger charge is 2.48. The first-order valence-corrected chi connectivity index (χ1v) is 14.8. The molecule has 4 rings (SSSR count). The molecule has 0 bridgehead atoms. The number of anilines is 1. The lowest BCUT2D eigenvalue weighted by Crippen LogP contribution is -2.54. The van der Waals surface area contributed by atoms with E-state index in [1.54, 1.807) is 9.47 Å². The molecule has 1 atom stereocenters. The van der Waals surface area contributed by atoms with Crippen LogP contribution in [0.25, 0.3) is 10.9 Å². The molecule has 5 N–H and O–H groups in total. The molecule has 1 aromatic heterocycles. The number of hydrogen-bond donors (Lipinski definition) is 5. The zero-order chi connectivity index (χ0) is 28.3. The number of carbonyl (C=O) groups excluding carboxylic acids is 1. The average Bonchev–Trinajstić information content (AvgIpc) is 3.63. The monoisotopic (exact) mass is 577 g/mol. The maximum atomic E-state index is 15.6. The smallest absolute Gasteiger partial charge is 0.411 e. The van der Waals surface area contributed by atoms with Gasteiger partial charge in [-0.3, -0.25) is 13.9 Å². The van der Waals surface area contributed by atoms with E-state index in [9.17, 15) is 48.2 Å². The van der Waals surface area contributed by atoms with Gasteiger partial charge in [-0.1, -0.05) is 0 Å². The fourth-order valence-corrected chi connectivity index (χ4v) is 6.65. The normalized spacial score (nSPS) is 18.8. The molecule has 0 spiro atoms. The molecule has 38 heavy (non-hydrogen) atoms. The molecule has 2 aromatic rings. The van der Waals surface area contributed by atoms with E-state index in [1.165, 1.54) is 26.1 Å². The number of carboxylic acid groups (broad SMARTS) is 1. The third-order valence-corrected chi connectivity index (χ3v) is 9.80. The summed E-state index contributed by atoms with van der Waals surface area (Å²) in [4.78, 5) is 76.5. The number of pyridine rings is 1. The number of halogens is 1. The van der Waals surface area contributed by atoms with Crippen LogP contribution in [-0.2, 0) is 13.9 Å². The lowest BCUT2D eigenvalue weighted by Gasteiger charge is -2.41. The van der Waals surface area contributed by atoms with Gasteiger partial charge in [0, 0.05) is 43.5 Å². The summed E-state index contributed by atoms with van der Waals surface area (Å²) in [5.41, 5.74) is -3.75. The summed E-state index contributed by atoms with van der Waals surface area (Å²) in [5.74, 6) is -2.16. The van der Waals surface area contributed by atoms with Gasteiger partial charge in [-0.05, 0) is 32.8 Å². The largest absolute Gasteiger partial charge is 0.477 e. The van der Waals surface area contributed by atoms with Crippen LogP contribution in [-0.4, -0.2) is 77.5 Å². The van der Waals surface area contributed by atoms with Crippen molar-refractivity contribution in [2.45, 2.75) is 44.4 Å². The fraction of sp³-hybridized carbons (Fsp3) is 0.476. The highest BCUT2D eigenvalue weighted by Crippen LogP contribution is 2.60. The van der Waals surface area contributed by atoms with Crippen molar-refractivity contribution in [3.05, 3.63) is 39.4 Å². The number of aromatic nitrogens is 1. The van der Waals surface area contributed by atoms with E-state index in [-0.39, 0.29) is 42.3 Å².